The van der Waals surface area contributed by atoms with Crippen molar-refractivity contribution in [1.82, 2.24) is 5.32 Å². The molecule has 112 valence electrons. The van der Waals surface area contributed by atoms with Gasteiger partial charge in [-0.05, 0) is 44.2 Å². The molecule has 20 heavy (non-hydrogen) atoms. The van der Waals surface area contributed by atoms with E-state index in [0.29, 0.717) is 6.04 Å². The van der Waals surface area contributed by atoms with E-state index >= 15 is 0 Å². The highest BCUT2D eigenvalue weighted by Crippen LogP contribution is 2.40. The minimum absolute atomic E-state index is 0.428. The summed E-state index contributed by atoms with van der Waals surface area (Å²) in [6.07, 6.45) is 5.41. The fourth-order valence-corrected chi connectivity index (χ4v) is 3.63. The third-order valence-corrected chi connectivity index (χ3v) is 4.59. The quantitative estimate of drug-likeness (QED) is 0.855. The smallest absolute Gasteiger partial charge is 0.123 e. The van der Waals surface area contributed by atoms with Crippen LogP contribution in [0.25, 0.3) is 0 Å². The van der Waals surface area contributed by atoms with Crippen LogP contribution in [-0.2, 0) is 0 Å². The molecular formula is C18H29NO. The molecule has 1 fully saturated rings. The molecule has 3 unspecified atom stereocenters. The first-order chi connectivity index (χ1) is 9.65. The zero-order chi connectivity index (χ0) is 14.5. The highest BCUT2D eigenvalue weighted by molar-refractivity contribution is 5.39. The Morgan fingerprint density at radius 3 is 2.80 bits per heavy atom. The van der Waals surface area contributed by atoms with Gasteiger partial charge in [-0.1, -0.05) is 44.4 Å². The molecule has 2 heteroatoms. The van der Waals surface area contributed by atoms with Crippen molar-refractivity contribution in [2.75, 3.05) is 13.7 Å². The number of aryl methyl sites for hydroxylation is 1. The molecule has 0 amide bonds. The summed E-state index contributed by atoms with van der Waals surface area (Å²) in [6, 6.07) is 6.97. The molecular weight excluding hydrogens is 246 g/mol. The van der Waals surface area contributed by atoms with Crippen LogP contribution in [-0.4, -0.2) is 13.7 Å². The molecule has 1 aromatic carbocycles. The van der Waals surface area contributed by atoms with E-state index in [1.54, 1.807) is 7.11 Å². The summed E-state index contributed by atoms with van der Waals surface area (Å²) in [4.78, 5) is 0. The summed E-state index contributed by atoms with van der Waals surface area (Å²) < 4.78 is 5.61. The molecule has 0 radical (unpaired) electrons. The van der Waals surface area contributed by atoms with Crippen molar-refractivity contribution in [3.63, 3.8) is 0 Å². The highest BCUT2D eigenvalue weighted by Gasteiger charge is 2.29. The second-order valence-corrected chi connectivity index (χ2v) is 6.31. The van der Waals surface area contributed by atoms with Gasteiger partial charge in [0, 0.05) is 11.6 Å². The minimum Gasteiger partial charge on any atom is -0.496 e. The lowest BCUT2D eigenvalue weighted by Gasteiger charge is -2.34. The summed E-state index contributed by atoms with van der Waals surface area (Å²) in [7, 11) is 1.78. The van der Waals surface area contributed by atoms with Crippen LogP contribution >= 0.6 is 0 Å². The van der Waals surface area contributed by atoms with Crippen LogP contribution in [0.15, 0.2) is 18.2 Å². The molecule has 1 saturated carbocycles. The number of benzene rings is 1. The van der Waals surface area contributed by atoms with E-state index in [1.165, 1.54) is 36.8 Å². The second-order valence-electron chi connectivity index (χ2n) is 6.31. The first-order valence-corrected chi connectivity index (χ1v) is 8.03. The van der Waals surface area contributed by atoms with Crippen LogP contribution in [0.5, 0.6) is 5.75 Å². The number of rotatable bonds is 5. The van der Waals surface area contributed by atoms with Crippen LogP contribution in [0.4, 0.5) is 0 Å². The summed E-state index contributed by atoms with van der Waals surface area (Å²) in [6.45, 7) is 7.76. The first-order valence-electron chi connectivity index (χ1n) is 8.03. The Morgan fingerprint density at radius 1 is 1.35 bits per heavy atom. The van der Waals surface area contributed by atoms with Crippen molar-refractivity contribution in [1.29, 1.82) is 0 Å². The Labute approximate surface area is 123 Å². The zero-order valence-corrected chi connectivity index (χ0v) is 13.4. The second kappa shape index (κ2) is 7.12. The van der Waals surface area contributed by atoms with Gasteiger partial charge in [-0.2, -0.15) is 0 Å². The third kappa shape index (κ3) is 3.54. The number of hydrogen-bond acceptors (Lipinski definition) is 2. The maximum absolute atomic E-state index is 5.61. The molecule has 1 aliphatic rings. The van der Waals surface area contributed by atoms with E-state index in [9.17, 15) is 0 Å². The van der Waals surface area contributed by atoms with Gasteiger partial charge >= 0.3 is 0 Å². The molecule has 1 aromatic rings. The van der Waals surface area contributed by atoms with Crippen molar-refractivity contribution in [2.45, 2.75) is 52.5 Å². The van der Waals surface area contributed by atoms with E-state index in [4.69, 9.17) is 4.74 Å². The lowest BCUT2D eigenvalue weighted by molar-refractivity contribution is 0.222. The molecule has 2 nitrogen and oxygen atoms in total. The van der Waals surface area contributed by atoms with Crippen LogP contribution in [0.2, 0.25) is 0 Å². The van der Waals surface area contributed by atoms with Gasteiger partial charge in [0.15, 0.2) is 0 Å². The van der Waals surface area contributed by atoms with Crippen molar-refractivity contribution in [3.05, 3.63) is 29.3 Å². The molecule has 0 aromatic heterocycles. The molecule has 0 bridgehead atoms. The van der Waals surface area contributed by atoms with Crippen molar-refractivity contribution in [2.24, 2.45) is 11.8 Å². The summed E-state index contributed by atoms with van der Waals surface area (Å²) in [5, 5.41) is 3.71. The van der Waals surface area contributed by atoms with E-state index in [1.807, 2.05) is 0 Å². The summed E-state index contributed by atoms with van der Waals surface area (Å²) >= 11 is 0. The molecule has 0 aliphatic heterocycles. The fourth-order valence-electron chi connectivity index (χ4n) is 3.63. The zero-order valence-electron chi connectivity index (χ0n) is 13.4. The number of nitrogens with one attached hydrogen (secondary N) is 1. The average Bonchev–Trinajstić information content (AvgIpc) is 2.44. The Balaban J connectivity index is 2.29. The molecule has 0 spiro atoms. The first kappa shape index (κ1) is 15.4. The topological polar surface area (TPSA) is 21.3 Å². The Hall–Kier alpha value is -1.02. The van der Waals surface area contributed by atoms with Crippen LogP contribution in [0, 0.1) is 18.8 Å². The number of ether oxygens (including phenoxy) is 1. The van der Waals surface area contributed by atoms with Crippen molar-refractivity contribution >= 4 is 0 Å². The van der Waals surface area contributed by atoms with Gasteiger partial charge in [0.2, 0.25) is 0 Å². The Morgan fingerprint density at radius 2 is 2.15 bits per heavy atom. The highest BCUT2D eigenvalue weighted by atomic mass is 16.5. The number of methoxy groups -OCH3 is 1. The van der Waals surface area contributed by atoms with Gasteiger partial charge < -0.3 is 10.1 Å². The lowest BCUT2D eigenvalue weighted by atomic mass is 9.76. The van der Waals surface area contributed by atoms with E-state index in [0.717, 1.165) is 24.1 Å². The Bertz CT molecular complexity index is 429. The van der Waals surface area contributed by atoms with Gasteiger partial charge in [0.25, 0.3) is 0 Å². The molecule has 1 N–H and O–H groups in total. The molecule has 1 aliphatic carbocycles. The molecule has 0 saturated heterocycles. The van der Waals surface area contributed by atoms with Crippen molar-refractivity contribution in [3.8, 4) is 5.75 Å². The summed E-state index contributed by atoms with van der Waals surface area (Å²) in [5.74, 6) is 2.61. The van der Waals surface area contributed by atoms with Crippen molar-refractivity contribution < 1.29 is 4.74 Å². The molecule has 2 rings (SSSR count). The minimum atomic E-state index is 0.428. The standard InChI is InChI=1S/C18H29NO/c1-5-19-18(15-8-6-7-13(2)11-15)16-12-14(3)9-10-17(16)20-4/h9-10,12-13,15,18-19H,5-8,11H2,1-4H3. The molecule has 3 atom stereocenters. The van der Waals surface area contributed by atoms with Gasteiger partial charge in [-0.25, -0.2) is 0 Å². The lowest BCUT2D eigenvalue weighted by Crippen LogP contribution is -2.31. The van der Waals surface area contributed by atoms with Crippen LogP contribution in [0.3, 0.4) is 0 Å². The maximum Gasteiger partial charge on any atom is 0.123 e. The predicted octanol–water partition coefficient (Wildman–Crippen LogP) is 4.48. The van der Waals surface area contributed by atoms with Crippen LogP contribution in [0.1, 0.15) is 56.7 Å². The van der Waals surface area contributed by atoms with Gasteiger partial charge in [-0.3, -0.25) is 0 Å². The predicted molar refractivity (Wildman–Crippen MR) is 85.3 cm³/mol. The molecule has 0 heterocycles. The SMILES string of the molecule is CCNC(c1cc(C)ccc1OC)C1CCCC(C)C1. The Kier molecular flexibility index (Phi) is 5.47. The van der Waals surface area contributed by atoms with Crippen LogP contribution < -0.4 is 10.1 Å². The normalized spacial score (nSPS) is 24.4. The van der Waals surface area contributed by atoms with Gasteiger partial charge in [-0.15, -0.1) is 0 Å². The maximum atomic E-state index is 5.61. The van der Waals surface area contributed by atoms with Gasteiger partial charge in [0.05, 0.1) is 7.11 Å². The average molecular weight is 275 g/mol. The monoisotopic (exact) mass is 275 g/mol. The van der Waals surface area contributed by atoms with E-state index in [-0.39, 0.29) is 0 Å². The van der Waals surface area contributed by atoms with Gasteiger partial charge in [0.1, 0.15) is 5.75 Å². The number of hydrogen-bond donors (Lipinski definition) is 1. The summed E-state index contributed by atoms with van der Waals surface area (Å²) in [5.41, 5.74) is 2.65. The largest absolute Gasteiger partial charge is 0.496 e. The van der Waals surface area contributed by atoms with E-state index in [2.05, 4.69) is 44.3 Å². The van der Waals surface area contributed by atoms with E-state index < -0.39 is 0 Å². The third-order valence-electron chi connectivity index (χ3n) is 4.59. The fraction of sp³-hybridized carbons (Fsp3) is 0.667.